The molecule has 214 valence electrons. The topological polar surface area (TPSA) is 148 Å². The molecular formula is C27H24F2N10O3. The molecule has 0 amide bonds. The Bertz CT molecular complexity index is 1840. The van der Waals surface area contributed by atoms with Crippen molar-refractivity contribution < 1.29 is 23.0 Å². The predicted molar refractivity (Wildman–Crippen MR) is 145 cm³/mol. The molecule has 0 unspecified atom stereocenters. The number of benzene rings is 1. The maximum atomic E-state index is 15.0. The summed E-state index contributed by atoms with van der Waals surface area (Å²) in [5.41, 5.74) is 2.65. The van der Waals surface area contributed by atoms with E-state index in [1.165, 1.54) is 30.3 Å². The van der Waals surface area contributed by atoms with Gasteiger partial charge < -0.3 is 24.4 Å². The lowest BCUT2D eigenvalue weighted by Crippen LogP contribution is -2.52. The average molecular weight is 575 g/mol. The van der Waals surface area contributed by atoms with Gasteiger partial charge in [-0.2, -0.15) is 9.78 Å². The van der Waals surface area contributed by atoms with E-state index in [0.29, 0.717) is 46.1 Å². The Labute approximate surface area is 237 Å². The van der Waals surface area contributed by atoms with Crippen LogP contribution in [0.5, 0.6) is 23.3 Å². The molecule has 1 fully saturated rings. The lowest BCUT2D eigenvalue weighted by atomic mass is 10.0. The minimum atomic E-state index is -3.12. The Kier molecular flexibility index (Phi) is 6.83. The Balaban J connectivity index is 1.37. The number of halogens is 2. The molecule has 0 saturated carbocycles. The molecule has 13 nitrogen and oxygen atoms in total. The Hall–Kier alpha value is -5.23. The van der Waals surface area contributed by atoms with E-state index in [2.05, 4.69) is 41.9 Å². The van der Waals surface area contributed by atoms with Crippen LogP contribution in [-0.2, 0) is 0 Å². The van der Waals surface area contributed by atoms with E-state index in [-0.39, 0.29) is 23.6 Å². The van der Waals surface area contributed by atoms with Crippen LogP contribution in [0.1, 0.15) is 17.5 Å². The maximum absolute atomic E-state index is 15.0. The number of likely N-dealkylation sites (tertiary alicyclic amines) is 1. The number of ether oxygens (including phenoxy) is 3. The standard InChI is InChI=1S/C27H24F2N10O3/c1-15-8-17(4-5-19(15)41-22-9-21-35-36-37-39(21)14-33-22)34-24-16(10-30)11-31-18-12-32-26(40-3)25(23(18)24)42-20-6-7-38(2)13-27(20,28)29/h4-5,8-9,11-12,14,20H,6-7,13H2,1-3H3,(H,31,34)/t20-/m0/s1. The highest BCUT2D eigenvalue weighted by atomic mass is 19.3. The zero-order chi connectivity index (χ0) is 29.4. The van der Waals surface area contributed by atoms with Crippen molar-refractivity contribution in [1.29, 1.82) is 5.26 Å². The van der Waals surface area contributed by atoms with E-state index in [1.807, 2.05) is 13.0 Å². The first-order valence-electron chi connectivity index (χ1n) is 12.8. The first-order valence-corrected chi connectivity index (χ1v) is 12.8. The van der Waals surface area contributed by atoms with Gasteiger partial charge in [0.1, 0.15) is 18.1 Å². The number of aryl methyl sites for hydroxylation is 1. The van der Waals surface area contributed by atoms with Gasteiger partial charge in [-0.05, 0) is 48.2 Å². The van der Waals surface area contributed by atoms with Crippen molar-refractivity contribution in [2.24, 2.45) is 0 Å². The molecule has 15 heteroatoms. The van der Waals surface area contributed by atoms with E-state index < -0.39 is 18.6 Å². The highest BCUT2D eigenvalue weighted by Crippen LogP contribution is 2.43. The fraction of sp³-hybridized carbons (Fsp3) is 0.296. The second-order valence-corrected chi connectivity index (χ2v) is 9.83. The lowest BCUT2D eigenvalue weighted by Gasteiger charge is -2.36. The van der Waals surface area contributed by atoms with Gasteiger partial charge in [-0.15, -0.1) is 5.10 Å². The van der Waals surface area contributed by atoms with Gasteiger partial charge in [0.25, 0.3) is 11.8 Å². The molecule has 0 aliphatic carbocycles. The molecular weight excluding hydrogens is 550 g/mol. The van der Waals surface area contributed by atoms with Crippen LogP contribution in [0.3, 0.4) is 0 Å². The normalized spacial score (nSPS) is 16.7. The largest absolute Gasteiger partial charge is 0.478 e. The van der Waals surface area contributed by atoms with E-state index >= 15 is 0 Å². The van der Waals surface area contributed by atoms with Crippen molar-refractivity contribution in [3.8, 4) is 29.3 Å². The fourth-order valence-electron chi connectivity index (χ4n) is 4.78. The summed E-state index contributed by atoms with van der Waals surface area (Å²) in [4.78, 5) is 14.3. The van der Waals surface area contributed by atoms with Crippen LogP contribution in [0.25, 0.3) is 16.6 Å². The van der Waals surface area contributed by atoms with Crippen LogP contribution >= 0.6 is 0 Å². The number of aromatic nitrogens is 7. The molecule has 1 aliphatic rings. The smallest absolute Gasteiger partial charge is 0.296 e. The number of nitriles is 1. The number of methoxy groups -OCH3 is 1. The van der Waals surface area contributed by atoms with Crippen LogP contribution < -0.4 is 19.5 Å². The molecule has 1 saturated heterocycles. The third-order valence-corrected chi connectivity index (χ3v) is 6.86. The van der Waals surface area contributed by atoms with Gasteiger partial charge in [-0.3, -0.25) is 4.98 Å². The summed E-state index contributed by atoms with van der Waals surface area (Å²) in [6, 6.07) is 9.02. The minimum absolute atomic E-state index is 0.00411. The first-order chi connectivity index (χ1) is 20.3. The molecule has 1 atom stereocenters. The van der Waals surface area contributed by atoms with E-state index in [9.17, 15) is 14.0 Å². The first kappa shape index (κ1) is 27.0. The van der Waals surface area contributed by atoms with Crippen LogP contribution in [0.15, 0.2) is 43.0 Å². The Morgan fingerprint density at radius 3 is 2.79 bits per heavy atom. The Morgan fingerprint density at radius 2 is 2.02 bits per heavy atom. The van der Waals surface area contributed by atoms with Gasteiger partial charge in [0.2, 0.25) is 5.88 Å². The zero-order valence-corrected chi connectivity index (χ0v) is 22.7. The SMILES string of the molecule is COc1ncc2ncc(C#N)c(Nc3ccc(Oc4cc5nnnn5cn4)c(C)c3)c2c1O[C@H]1CCN(C)CC1(F)F. The van der Waals surface area contributed by atoms with Gasteiger partial charge in [0.05, 0.1) is 42.0 Å². The monoisotopic (exact) mass is 574 g/mol. The summed E-state index contributed by atoms with van der Waals surface area (Å²) < 4.78 is 48.7. The lowest BCUT2D eigenvalue weighted by molar-refractivity contribution is -0.135. The number of hydrogen-bond acceptors (Lipinski definition) is 12. The number of pyridine rings is 2. The second kappa shape index (κ2) is 10.6. The summed E-state index contributed by atoms with van der Waals surface area (Å²) in [6.07, 6.45) is 2.94. The van der Waals surface area contributed by atoms with Gasteiger partial charge in [-0.25, -0.2) is 18.7 Å². The number of piperidine rings is 1. The Morgan fingerprint density at radius 1 is 1.17 bits per heavy atom. The number of anilines is 2. The highest BCUT2D eigenvalue weighted by Gasteiger charge is 2.46. The molecule has 0 spiro atoms. The number of tetrazole rings is 1. The molecule has 4 aromatic heterocycles. The third-order valence-electron chi connectivity index (χ3n) is 6.86. The number of nitrogens with zero attached hydrogens (tertiary/aromatic N) is 9. The minimum Gasteiger partial charge on any atom is -0.478 e. The van der Waals surface area contributed by atoms with Gasteiger partial charge in [-0.1, -0.05) is 0 Å². The number of alkyl halides is 2. The second-order valence-electron chi connectivity index (χ2n) is 9.83. The van der Waals surface area contributed by atoms with Crippen molar-refractivity contribution >= 4 is 27.9 Å². The predicted octanol–water partition coefficient (Wildman–Crippen LogP) is 3.91. The van der Waals surface area contributed by atoms with Crippen LogP contribution in [0.2, 0.25) is 0 Å². The van der Waals surface area contributed by atoms with Crippen LogP contribution in [0.4, 0.5) is 20.2 Å². The summed E-state index contributed by atoms with van der Waals surface area (Å²) in [6.45, 7) is 1.83. The number of nitrogens with one attached hydrogen (secondary N) is 1. The van der Waals surface area contributed by atoms with Crippen LogP contribution in [0, 0.1) is 18.3 Å². The highest BCUT2D eigenvalue weighted by molar-refractivity contribution is 6.01. The van der Waals surface area contributed by atoms with Gasteiger partial charge in [0, 0.05) is 30.9 Å². The average Bonchev–Trinajstić information content (AvgIpc) is 3.44. The van der Waals surface area contributed by atoms with E-state index in [1.54, 1.807) is 30.1 Å². The van der Waals surface area contributed by atoms with Gasteiger partial charge >= 0.3 is 0 Å². The molecule has 0 bridgehead atoms. The molecule has 1 aromatic carbocycles. The summed E-state index contributed by atoms with van der Waals surface area (Å²) in [5.74, 6) is -2.29. The molecule has 42 heavy (non-hydrogen) atoms. The molecule has 5 aromatic rings. The maximum Gasteiger partial charge on any atom is 0.296 e. The number of hydrogen-bond donors (Lipinski definition) is 1. The van der Waals surface area contributed by atoms with Crippen molar-refractivity contribution in [3.63, 3.8) is 0 Å². The third kappa shape index (κ3) is 5.03. The van der Waals surface area contributed by atoms with Gasteiger partial charge in [0.15, 0.2) is 17.5 Å². The summed E-state index contributed by atoms with van der Waals surface area (Å²) >= 11 is 0. The molecule has 0 radical (unpaired) electrons. The van der Waals surface area contributed by atoms with Crippen molar-refractivity contribution in [2.75, 3.05) is 32.6 Å². The summed E-state index contributed by atoms with van der Waals surface area (Å²) in [5, 5.41) is 24.7. The van der Waals surface area contributed by atoms with E-state index in [0.717, 1.165) is 5.56 Å². The van der Waals surface area contributed by atoms with E-state index in [4.69, 9.17) is 14.2 Å². The zero-order valence-electron chi connectivity index (χ0n) is 22.7. The molecule has 1 aliphatic heterocycles. The molecule has 6 rings (SSSR count). The van der Waals surface area contributed by atoms with Crippen molar-refractivity contribution in [1.82, 2.24) is 39.9 Å². The number of rotatable bonds is 7. The molecule has 1 N–H and O–H groups in total. The van der Waals surface area contributed by atoms with Crippen LogP contribution in [-0.4, -0.2) is 79.2 Å². The van der Waals surface area contributed by atoms with Crippen molar-refractivity contribution in [2.45, 2.75) is 25.4 Å². The summed E-state index contributed by atoms with van der Waals surface area (Å²) in [7, 11) is 3.01. The molecule has 5 heterocycles. The fourth-order valence-corrected chi connectivity index (χ4v) is 4.78. The quantitative estimate of drug-likeness (QED) is 0.300. The number of fused-ring (bicyclic) bond motifs is 2. The van der Waals surface area contributed by atoms with Crippen molar-refractivity contribution in [3.05, 3.63) is 54.1 Å².